The highest BCUT2D eigenvalue weighted by molar-refractivity contribution is 6.32. The molecule has 0 bridgehead atoms. The number of nitrogens with zero attached hydrogens (tertiary/aromatic N) is 3. The van der Waals surface area contributed by atoms with E-state index in [2.05, 4.69) is 32.7 Å². The van der Waals surface area contributed by atoms with Gasteiger partial charge in [-0.15, -0.1) is 0 Å². The van der Waals surface area contributed by atoms with Crippen LogP contribution in [-0.2, 0) is 6.54 Å². The molecule has 1 N–H and O–H groups in total. The van der Waals surface area contributed by atoms with Crippen LogP contribution in [0.15, 0.2) is 36.8 Å². The molecule has 1 aromatic carbocycles. The van der Waals surface area contributed by atoms with Crippen molar-refractivity contribution in [3.05, 3.63) is 47.5 Å². The number of aromatic amines is 1. The van der Waals surface area contributed by atoms with Crippen LogP contribution >= 0.6 is 11.6 Å². The van der Waals surface area contributed by atoms with Crippen LogP contribution < -0.4 is 0 Å². The third kappa shape index (κ3) is 1.77. The summed E-state index contributed by atoms with van der Waals surface area (Å²) in [6, 6.07) is 6.10. The SMILES string of the molecule is CCn1c2c(-c3cn[nH]c3)cc(Cl)cc2c2ccnc(C)c21. The summed E-state index contributed by atoms with van der Waals surface area (Å²) in [4.78, 5) is 4.45. The predicted octanol–water partition coefficient (Wildman–Crippen LogP) is 4.56. The largest absolute Gasteiger partial charge is 0.339 e. The van der Waals surface area contributed by atoms with Crippen LogP contribution in [0.2, 0.25) is 5.02 Å². The summed E-state index contributed by atoms with van der Waals surface area (Å²) in [7, 11) is 0. The number of aryl methyl sites for hydroxylation is 2. The molecule has 0 saturated carbocycles. The Hall–Kier alpha value is -2.33. The number of fused-ring (bicyclic) bond motifs is 3. The van der Waals surface area contributed by atoms with E-state index in [1.807, 2.05) is 37.6 Å². The van der Waals surface area contributed by atoms with Gasteiger partial charge in [0.05, 0.1) is 22.9 Å². The van der Waals surface area contributed by atoms with E-state index in [0.29, 0.717) is 0 Å². The third-order valence-corrected chi connectivity index (χ3v) is 4.36. The fraction of sp³-hybridized carbons (Fsp3) is 0.176. The molecule has 3 aromatic heterocycles. The van der Waals surface area contributed by atoms with E-state index >= 15 is 0 Å². The Bertz CT molecular complexity index is 983. The molecule has 110 valence electrons. The van der Waals surface area contributed by atoms with Crippen molar-refractivity contribution in [1.29, 1.82) is 0 Å². The molecule has 4 rings (SSSR count). The van der Waals surface area contributed by atoms with Crippen LogP contribution in [0.1, 0.15) is 12.6 Å². The molecule has 0 amide bonds. The Balaban J connectivity index is 2.27. The summed E-state index contributed by atoms with van der Waals surface area (Å²) >= 11 is 6.38. The molecule has 5 heteroatoms. The fourth-order valence-electron chi connectivity index (χ4n) is 3.26. The van der Waals surface area contributed by atoms with Crippen molar-refractivity contribution in [3.8, 4) is 11.1 Å². The van der Waals surface area contributed by atoms with Crippen molar-refractivity contribution < 1.29 is 0 Å². The molecule has 0 saturated heterocycles. The van der Waals surface area contributed by atoms with E-state index < -0.39 is 0 Å². The molecule has 0 spiro atoms. The summed E-state index contributed by atoms with van der Waals surface area (Å²) in [6.45, 7) is 5.07. The zero-order valence-electron chi connectivity index (χ0n) is 12.4. The van der Waals surface area contributed by atoms with Crippen LogP contribution in [0.25, 0.3) is 32.9 Å². The minimum Gasteiger partial charge on any atom is -0.339 e. The van der Waals surface area contributed by atoms with Gasteiger partial charge < -0.3 is 4.57 Å². The van der Waals surface area contributed by atoms with Crippen LogP contribution in [0.4, 0.5) is 0 Å². The van der Waals surface area contributed by atoms with Gasteiger partial charge in [-0.1, -0.05) is 11.6 Å². The van der Waals surface area contributed by atoms with E-state index in [-0.39, 0.29) is 0 Å². The lowest BCUT2D eigenvalue weighted by Crippen LogP contribution is -1.97. The number of aromatic nitrogens is 4. The molecular weight excluding hydrogens is 296 g/mol. The van der Waals surface area contributed by atoms with Crippen molar-refractivity contribution in [1.82, 2.24) is 19.7 Å². The average Bonchev–Trinajstić information content (AvgIpc) is 3.13. The lowest BCUT2D eigenvalue weighted by atomic mass is 10.0. The summed E-state index contributed by atoms with van der Waals surface area (Å²) in [5.74, 6) is 0. The number of nitrogens with one attached hydrogen (secondary N) is 1. The quantitative estimate of drug-likeness (QED) is 0.590. The standard InChI is InChI=1S/C17H15ClN4/c1-3-22-16-10(2)19-5-4-13(16)15-7-12(18)6-14(17(15)22)11-8-20-21-9-11/h4-9H,3H2,1-2H3,(H,20,21). The van der Waals surface area contributed by atoms with E-state index in [4.69, 9.17) is 11.6 Å². The highest BCUT2D eigenvalue weighted by atomic mass is 35.5. The second-order valence-corrected chi connectivity index (χ2v) is 5.81. The summed E-state index contributed by atoms with van der Waals surface area (Å²) < 4.78 is 2.31. The van der Waals surface area contributed by atoms with E-state index in [9.17, 15) is 0 Å². The Morgan fingerprint density at radius 2 is 2.09 bits per heavy atom. The summed E-state index contributed by atoms with van der Waals surface area (Å²) in [5.41, 5.74) is 5.51. The Morgan fingerprint density at radius 3 is 2.82 bits per heavy atom. The molecule has 4 aromatic rings. The van der Waals surface area contributed by atoms with Gasteiger partial charge in [0.1, 0.15) is 0 Å². The molecule has 0 fully saturated rings. The monoisotopic (exact) mass is 310 g/mol. The number of H-pyrrole nitrogens is 1. The molecule has 22 heavy (non-hydrogen) atoms. The first kappa shape index (κ1) is 13.3. The second-order valence-electron chi connectivity index (χ2n) is 5.37. The zero-order valence-corrected chi connectivity index (χ0v) is 13.1. The van der Waals surface area contributed by atoms with Crippen LogP contribution in [0.5, 0.6) is 0 Å². The van der Waals surface area contributed by atoms with Crippen molar-refractivity contribution in [2.24, 2.45) is 0 Å². The average molecular weight is 311 g/mol. The van der Waals surface area contributed by atoms with Gasteiger partial charge in [-0.3, -0.25) is 10.1 Å². The molecule has 0 atom stereocenters. The number of rotatable bonds is 2. The van der Waals surface area contributed by atoms with Gasteiger partial charge in [0.2, 0.25) is 0 Å². The van der Waals surface area contributed by atoms with Crippen LogP contribution in [0.3, 0.4) is 0 Å². The zero-order chi connectivity index (χ0) is 15.3. The lowest BCUT2D eigenvalue weighted by molar-refractivity contribution is 0.822. The molecule has 4 nitrogen and oxygen atoms in total. The number of benzene rings is 1. The van der Waals surface area contributed by atoms with Crippen LogP contribution in [0, 0.1) is 6.92 Å². The minimum atomic E-state index is 0.730. The van der Waals surface area contributed by atoms with Gasteiger partial charge in [0.25, 0.3) is 0 Å². The molecule has 0 aliphatic rings. The Labute approximate surface area is 132 Å². The van der Waals surface area contributed by atoms with Gasteiger partial charge in [-0.25, -0.2) is 0 Å². The maximum atomic E-state index is 6.38. The Kier molecular flexibility index (Phi) is 2.94. The first-order chi connectivity index (χ1) is 10.7. The van der Waals surface area contributed by atoms with Gasteiger partial charge in [-0.05, 0) is 32.0 Å². The maximum Gasteiger partial charge on any atom is 0.0707 e. The van der Waals surface area contributed by atoms with Gasteiger partial charge >= 0.3 is 0 Å². The summed E-state index contributed by atoms with van der Waals surface area (Å²) in [6.07, 6.45) is 5.58. The molecule has 0 aliphatic carbocycles. The predicted molar refractivity (Wildman–Crippen MR) is 90.2 cm³/mol. The molecule has 3 heterocycles. The summed E-state index contributed by atoms with van der Waals surface area (Å²) in [5, 5.41) is 10.0. The highest BCUT2D eigenvalue weighted by Crippen LogP contribution is 2.38. The molecule has 0 aliphatic heterocycles. The number of halogens is 1. The van der Waals surface area contributed by atoms with Crippen molar-refractivity contribution in [2.45, 2.75) is 20.4 Å². The van der Waals surface area contributed by atoms with E-state index in [0.717, 1.165) is 33.8 Å². The van der Waals surface area contributed by atoms with Crippen molar-refractivity contribution >= 4 is 33.4 Å². The minimum absolute atomic E-state index is 0.730. The van der Waals surface area contributed by atoms with Gasteiger partial charge in [-0.2, -0.15) is 5.10 Å². The highest BCUT2D eigenvalue weighted by Gasteiger charge is 2.17. The first-order valence-electron chi connectivity index (χ1n) is 7.27. The topological polar surface area (TPSA) is 46.5 Å². The van der Waals surface area contributed by atoms with Crippen molar-refractivity contribution in [2.75, 3.05) is 0 Å². The van der Waals surface area contributed by atoms with Crippen LogP contribution in [-0.4, -0.2) is 19.7 Å². The van der Waals surface area contributed by atoms with E-state index in [1.165, 1.54) is 16.4 Å². The molecular formula is C17H15ClN4. The number of hydrogen-bond acceptors (Lipinski definition) is 2. The lowest BCUT2D eigenvalue weighted by Gasteiger charge is -2.09. The van der Waals surface area contributed by atoms with Gasteiger partial charge in [0, 0.05) is 45.9 Å². The number of hydrogen-bond donors (Lipinski definition) is 1. The third-order valence-electron chi connectivity index (χ3n) is 4.14. The maximum absolute atomic E-state index is 6.38. The van der Waals surface area contributed by atoms with Crippen molar-refractivity contribution in [3.63, 3.8) is 0 Å². The molecule has 0 radical (unpaired) electrons. The smallest absolute Gasteiger partial charge is 0.0707 e. The van der Waals surface area contributed by atoms with Gasteiger partial charge in [0.15, 0.2) is 0 Å². The first-order valence-corrected chi connectivity index (χ1v) is 7.64. The fourth-order valence-corrected chi connectivity index (χ4v) is 3.48. The normalized spacial score (nSPS) is 11.6. The Morgan fingerprint density at radius 1 is 1.23 bits per heavy atom. The molecule has 0 unspecified atom stereocenters. The second kappa shape index (κ2) is 4.85. The number of pyridine rings is 1. The van der Waals surface area contributed by atoms with E-state index in [1.54, 1.807) is 0 Å².